The normalized spacial score (nSPS) is 13.5. The fraction of sp³-hybridized carbons (Fsp3) is 0.0698. The third-order valence-electron chi connectivity index (χ3n) is 9.95. The van der Waals surface area contributed by atoms with E-state index in [1.807, 2.05) is 30.3 Å². The molecule has 1 aliphatic rings. The van der Waals surface area contributed by atoms with E-state index >= 15 is 0 Å². The molecule has 0 spiro atoms. The predicted octanol–water partition coefficient (Wildman–Crippen LogP) is 12.1. The van der Waals surface area contributed by atoms with E-state index in [-0.39, 0.29) is 5.41 Å². The molecule has 0 saturated carbocycles. The lowest BCUT2D eigenvalue weighted by Crippen LogP contribution is -2.14. The molecule has 10 rings (SSSR count). The van der Waals surface area contributed by atoms with Gasteiger partial charge in [0.1, 0.15) is 10.5 Å². The van der Waals surface area contributed by atoms with Crippen molar-refractivity contribution in [3.63, 3.8) is 0 Å². The van der Waals surface area contributed by atoms with E-state index in [1.165, 1.54) is 48.9 Å². The Labute approximate surface area is 275 Å². The summed E-state index contributed by atoms with van der Waals surface area (Å²) < 4.78 is 7.72. The quantitative estimate of drug-likeness (QED) is 0.184. The Bertz CT molecular complexity index is 2650. The zero-order chi connectivity index (χ0) is 31.3. The molecule has 0 N–H and O–H groups in total. The van der Waals surface area contributed by atoms with Gasteiger partial charge in [-0.1, -0.05) is 111 Å². The maximum Gasteiger partial charge on any atom is 0.228 e. The number of thiazole rings is 1. The van der Waals surface area contributed by atoms with Gasteiger partial charge in [-0.2, -0.15) is 0 Å². The molecule has 1 aliphatic carbocycles. The number of rotatable bonds is 3. The molecule has 3 nitrogen and oxygen atoms in total. The topological polar surface area (TPSA) is 38.9 Å². The minimum Gasteiger partial charge on any atom is -0.436 e. The highest BCUT2D eigenvalue weighted by molar-refractivity contribution is 7.21. The molecule has 0 bridgehead atoms. The Morgan fingerprint density at radius 1 is 0.532 bits per heavy atom. The summed E-state index contributed by atoms with van der Waals surface area (Å²) in [5.74, 6) is 0.649. The smallest absolute Gasteiger partial charge is 0.228 e. The first-order valence-electron chi connectivity index (χ1n) is 16.0. The molecular weight excluding hydrogens is 593 g/mol. The molecule has 47 heavy (non-hydrogen) atoms. The number of fused-ring (bicyclic) bond motifs is 7. The summed E-state index contributed by atoms with van der Waals surface area (Å²) in [5, 5.41) is 5.69. The molecule has 222 valence electrons. The number of oxazole rings is 1. The summed E-state index contributed by atoms with van der Waals surface area (Å²) in [6.07, 6.45) is 0. The maximum absolute atomic E-state index is 6.52. The van der Waals surface area contributed by atoms with Gasteiger partial charge >= 0.3 is 0 Å². The van der Waals surface area contributed by atoms with Crippen LogP contribution in [-0.4, -0.2) is 9.97 Å². The summed E-state index contributed by atoms with van der Waals surface area (Å²) in [6.45, 7) is 4.69. The standard InChI is InChI=1S/C43H28N2OS/c1-43(2)33-14-6-5-11-27(33)30-23-31-32(24-34(30)43)39(25-19-21-26(22-20-25)42-45-36-16-8-10-18-38(36)47-42)28-12-3-4-13-29(28)40(31)41-44-35-15-7-9-17-37(35)46-41/h3-24H,1-2H3. The average molecular weight is 621 g/mol. The fourth-order valence-corrected chi connectivity index (χ4v) is 8.64. The minimum absolute atomic E-state index is 0.127. The number of hydrogen-bond acceptors (Lipinski definition) is 4. The summed E-state index contributed by atoms with van der Waals surface area (Å²) in [4.78, 5) is 9.97. The maximum atomic E-state index is 6.52. The highest BCUT2D eigenvalue weighted by Gasteiger charge is 2.36. The van der Waals surface area contributed by atoms with Crippen LogP contribution in [0.3, 0.4) is 0 Å². The van der Waals surface area contributed by atoms with Gasteiger partial charge in [0.15, 0.2) is 5.58 Å². The molecule has 0 fully saturated rings. The molecule has 0 aliphatic heterocycles. The number of aromatic nitrogens is 2. The lowest BCUT2D eigenvalue weighted by molar-refractivity contribution is 0.621. The Morgan fingerprint density at radius 3 is 2.00 bits per heavy atom. The van der Waals surface area contributed by atoms with Crippen molar-refractivity contribution in [3.8, 4) is 44.3 Å². The van der Waals surface area contributed by atoms with Gasteiger partial charge in [-0.25, -0.2) is 9.97 Å². The van der Waals surface area contributed by atoms with Gasteiger partial charge in [0.2, 0.25) is 5.89 Å². The Balaban J connectivity index is 1.28. The van der Waals surface area contributed by atoms with Crippen LogP contribution in [0.1, 0.15) is 25.0 Å². The molecule has 2 heterocycles. The third kappa shape index (κ3) is 3.85. The van der Waals surface area contributed by atoms with Crippen molar-refractivity contribution in [2.45, 2.75) is 19.3 Å². The SMILES string of the molecule is CC1(C)c2ccccc2-c2cc3c(-c4nc5ccccc5o4)c4ccccc4c(-c4ccc(-c5nc6ccccc6s5)cc4)c3cc21. The Morgan fingerprint density at radius 2 is 1.19 bits per heavy atom. The number of hydrogen-bond donors (Lipinski definition) is 0. The minimum atomic E-state index is -0.127. The van der Waals surface area contributed by atoms with Crippen molar-refractivity contribution in [1.29, 1.82) is 0 Å². The highest BCUT2D eigenvalue weighted by atomic mass is 32.1. The number of nitrogens with zero attached hydrogens (tertiary/aromatic N) is 2. The van der Waals surface area contributed by atoms with Crippen molar-refractivity contribution in [3.05, 3.63) is 145 Å². The molecule has 9 aromatic rings. The Hall–Kier alpha value is -5.58. The monoisotopic (exact) mass is 620 g/mol. The molecule has 0 atom stereocenters. The van der Waals surface area contributed by atoms with Crippen LogP contribution in [0, 0.1) is 0 Å². The van der Waals surface area contributed by atoms with Crippen molar-refractivity contribution in [2.75, 3.05) is 0 Å². The van der Waals surface area contributed by atoms with Crippen LogP contribution < -0.4 is 0 Å². The van der Waals surface area contributed by atoms with Gasteiger partial charge < -0.3 is 4.42 Å². The van der Waals surface area contributed by atoms with Crippen molar-refractivity contribution < 1.29 is 4.42 Å². The first kappa shape index (κ1) is 26.6. The van der Waals surface area contributed by atoms with Gasteiger partial charge in [0.05, 0.1) is 15.8 Å². The van der Waals surface area contributed by atoms with Gasteiger partial charge in [0.25, 0.3) is 0 Å². The van der Waals surface area contributed by atoms with E-state index in [0.29, 0.717) is 5.89 Å². The molecule has 0 unspecified atom stereocenters. The largest absolute Gasteiger partial charge is 0.436 e. The summed E-state index contributed by atoms with van der Waals surface area (Å²) >= 11 is 1.74. The zero-order valence-electron chi connectivity index (χ0n) is 25.9. The summed E-state index contributed by atoms with van der Waals surface area (Å²) in [7, 11) is 0. The molecule has 4 heteroatoms. The van der Waals surface area contributed by atoms with Crippen LogP contribution in [0.5, 0.6) is 0 Å². The van der Waals surface area contributed by atoms with Crippen LogP contribution in [0.25, 0.3) is 87.1 Å². The molecule has 0 saturated heterocycles. The lowest BCUT2D eigenvalue weighted by atomic mass is 9.80. The van der Waals surface area contributed by atoms with E-state index in [9.17, 15) is 0 Å². The summed E-state index contributed by atoms with van der Waals surface area (Å²) in [5.41, 5.74) is 12.4. The third-order valence-corrected chi connectivity index (χ3v) is 11.0. The van der Waals surface area contributed by atoms with Gasteiger partial charge in [-0.3, -0.25) is 0 Å². The van der Waals surface area contributed by atoms with Gasteiger partial charge in [-0.15, -0.1) is 11.3 Å². The van der Waals surface area contributed by atoms with Crippen LogP contribution in [-0.2, 0) is 5.41 Å². The van der Waals surface area contributed by atoms with Crippen LogP contribution in [0.2, 0.25) is 0 Å². The van der Waals surface area contributed by atoms with Crippen molar-refractivity contribution in [1.82, 2.24) is 9.97 Å². The highest BCUT2D eigenvalue weighted by Crippen LogP contribution is 2.53. The zero-order valence-corrected chi connectivity index (χ0v) is 26.7. The number of benzene rings is 7. The first-order chi connectivity index (χ1) is 23.0. The second-order valence-corrected chi connectivity index (χ2v) is 14.0. The van der Waals surface area contributed by atoms with E-state index in [0.717, 1.165) is 43.5 Å². The van der Waals surface area contributed by atoms with E-state index < -0.39 is 0 Å². The second kappa shape index (κ2) is 9.71. The summed E-state index contributed by atoms with van der Waals surface area (Å²) in [6, 6.07) is 47.7. The van der Waals surface area contributed by atoms with E-state index in [1.54, 1.807) is 11.3 Å². The molecule has 7 aromatic carbocycles. The van der Waals surface area contributed by atoms with Gasteiger partial charge in [-0.05, 0) is 91.3 Å². The van der Waals surface area contributed by atoms with E-state index in [4.69, 9.17) is 14.4 Å². The molecular formula is C43H28N2OS. The average Bonchev–Trinajstić information content (AvgIpc) is 3.80. The molecule has 2 aromatic heterocycles. The molecule has 0 amide bonds. The van der Waals surface area contributed by atoms with Crippen LogP contribution in [0.15, 0.2) is 138 Å². The molecule has 0 radical (unpaired) electrons. The van der Waals surface area contributed by atoms with E-state index in [2.05, 4.69) is 117 Å². The van der Waals surface area contributed by atoms with Crippen molar-refractivity contribution >= 4 is 54.2 Å². The predicted molar refractivity (Wildman–Crippen MR) is 196 cm³/mol. The van der Waals surface area contributed by atoms with Crippen LogP contribution >= 0.6 is 11.3 Å². The van der Waals surface area contributed by atoms with Crippen LogP contribution in [0.4, 0.5) is 0 Å². The van der Waals surface area contributed by atoms with Gasteiger partial charge in [0, 0.05) is 11.0 Å². The Kier molecular flexibility index (Phi) is 5.50. The van der Waals surface area contributed by atoms with Crippen molar-refractivity contribution in [2.24, 2.45) is 0 Å². The second-order valence-electron chi connectivity index (χ2n) is 13.0. The fourth-order valence-electron chi connectivity index (χ4n) is 7.67. The number of para-hydroxylation sites is 3. The first-order valence-corrected chi connectivity index (χ1v) is 16.8. The lowest BCUT2D eigenvalue weighted by Gasteiger charge is -2.23.